The summed E-state index contributed by atoms with van der Waals surface area (Å²) < 4.78 is 0. The molecule has 12 heavy (non-hydrogen) atoms. The van der Waals surface area contributed by atoms with Crippen LogP contribution in [0.3, 0.4) is 0 Å². The molecular weight excluding hydrogens is 160 g/mol. The Morgan fingerprint density at radius 2 is 2.58 bits per heavy atom. The fourth-order valence-corrected chi connectivity index (χ4v) is 0.804. The van der Waals surface area contributed by atoms with Crippen molar-refractivity contribution in [3.63, 3.8) is 0 Å². The maximum atomic E-state index is 10.7. The molecule has 0 amide bonds. The molecule has 1 aromatic heterocycles. The SMILES string of the molecule is NOC(=O)C(N)Cc1cnc[nH]1. The molecule has 0 aliphatic carbocycles. The van der Waals surface area contributed by atoms with Crippen LogP contribution in [0.15, 0.2) is 12.5 Å². The number of nitrogens with one attached hydrogen (secondary N) is 1. The Hall–Kier alpha value is -1.40. The van der Waals surface area contributed by atoms with Crippen molar-refractivity contribution in [3.8, 4) is 0 Å². The van der Waals surface area contributed by atoms with E-state index in [1.165, 1.54) is 6.33 Å². The number of aromatic amines is 1. The summed E-state index contributed by atoms with van der Waals surface area (Å²) in [7, 11) is 0. The molecule has 6 nitrogen and oxygen atoms in total. The van der Waals surface area contributed by atoms with Gasteiger partial charge < -0.3 is 15.6 Å². The minimum Gasteiger partial charge on any atom is -0.372 e. The highest BCUT2D eigenvalue weighted by molar-refractivity contribution is 5.75. The van der Waals surface area contributed by atoms with Gasteiger partial charge in [-0.3, -0.25) is 0 Å². The smallest absolute Gasteiger partial charge is 0.341 e. The molecule has 5 N–H and O–H groups in total. The first-order valence-electron chi connectivity index (χ1n) is 3.37. The highest BCUT2D eigenvalue weighted by Gasteiger charge is 2.14. The van der Waals surface area contributed by atoms with Gasteiger partial charge in [0.15, 0.2) is 0 Å². The lowest BCUT2D eigenvalue weighted by Crippen LogP contribution is -2.35. The second-order valence-corrected chi connectivity index (χ2v) is 2.32. The molecule has 0 aromatic carbocycles. The number of carbonyl (C=O) groups is 1. The zero-order valence-electron chi connectivity index (χ0n) is 6.36. The molecule has 0 aliphatic heterocycles. The van der Waals surface area contributed by atoms with E-state index in [2.05, 4.69) is 20.7 Å². The van der Waals surface area contributed by atoms with Gasteiger partial charge in [-0.15, -0.1) is 0 Å². The molecule has 0 spiro atoms. The van der Waals surface area contributed by atoms with Crippen molar-refractivity contribution in [1.29, 1.82) is 0 Å². The molecule has 1 rings (SSSR count). The Morgan fingerprint density at radius 1 is 1.83 bits per heavy atom. The van der Waals surface area contributed by atoms with E-state index in [0.717, 1.165) is 5.69 Å². The van der Waals surface area contributed by atoms with Crippen molar-refractivity contribution in [2.75, 3.05) is 0 Å². The van der Waals surface area contributed by atoms with Crippen LogP contribution in [0.25, 0.3) is 0 Å². The normalized spacial score (nSPS) is 12.5. The topological polar surface area (TPSA) is 107 Å². The molecule has 66 valence electrons. The van der Waals surface area contributed by atoms with E-state index in [1.54, 1.807) is 6.20 Å². The first kappa shape index (κ1) is 8.69. The van der Waals surface area contributed by atoms with Crippen LogP contribution in [-0.2, 0) is 16.1 Å². The number of rotatable bonds is 3. The Balaban J connectivity index is 2.47. The van der Waals surface area contributed by atoms with Crippen molar-refractivity contribution in [1.82, 2.24) is 9.97 Å². The lowest BCUT2D eigenvalue weighted by atomic mass is 10.2. The van der Waals surface area contributed by atoms with Crippen LogP contribution >= 0.6 is 0 Å². The molecule has 0 bridgehead atoms. The summed E-state index contributed by atoms with van der Waals surface area (Å²) in [6.07, 6.45) is 3.44. The number of aromatic nitrogens is 2. The van der Waals surface area contributed by atoms with E-state index >= 15 is 0 Å². The summed E-state index contributed by atoms with van der Waals surface area (Å²) in [5, 5.41) is 0. The fraction of sp³-hybridized carbons (Fsp3) is 0.333. The van der Waals surface area contributed by atoms with E-state index in [0.29, 0.717) is 6.42 Å². The van der Waals surface area contributed by atoms with E-state index in [-0.39, 0.29) is 0 Å². The van der Waals surface area contributed by atoms with E-state index in [1.807, 2.05) is 0 Å². The second kappa shape index (κ2) is 3.84. The summed E-state index contributed by atoms with van der Waals surface area (Å²) in [4.78, 5) is 21.3. The maximum Gasteiger partial charge on any atom is 0.341 e. The molecule has 1 aromatic rings. The molecular formula is C6H10N4O2. The zero-order chi connectivity index (χ0) is 8.97. The summed E-state index contributed by atoms with van der Waals surface area (Å²) in [6.45, 7) is 0. The lowest BCUT2D eigenvalue weighted by molar-refractivity contribution is -0.145. The zero-order valence-corrected chi connectivity index (χ0v) is 6.36. The Bertz CT molecular complexity index is 246. The van der Waals surface area contributed by atoms with Crippen LogP contribution in [0.4, 0.5) is 0 Å². The number of hydrogen-bond donors (Lipinski definition) is 3. The van der Waals surface area contributed by atoms with Crippen LogP contribution in [0.2, 0.25) is 0 Å². The van der Waals surface area contributed by atoms with Gasteiger partial charge in [0.1, 0.15) is 6.04 Å². The van der Waals surface area contributed by atoms with Crippen molar-refractivity contribution in [3.05, 3.63) is 18.2 Å². The molecule has 0 saturated carbocycles. The minimum atomic E-state index is -0.740. The standard InChI is InChI=1S/C6H10N4O2/c7-5(6(11)12-8)1-4-2-9-3-10-4/h2-3,5H,1,7-8H2,(H,9,10). The number of nitrogens with zero attached hydrogens (tertiary/aromatic N) is 1. The number of carbonyl (C=O) groups excluding carboxylic acids is 1. The predicted octanol–water partition coefficient (Wildman–Crippen LogP) is -1.30. The monoisotopic (exact) mass is 170 g/mol. The lowest BCUT2D eigenvalue weighted by Gasteiger charge is -2.05. The predicted molar refractivity (Wildman–Crippen MR) is 40.5 cm³/mol. The summed E-state index contributed by atoms with van der Waals surface area (Å²) >= 11 is 0. The first-order chi connectivity index (χ1) is 5.74. The Kier molecular flexibility index (Phi) is 2.78. The van der Waals surface area contributed by atoms with Gasteiger partial charge in [-0.05, 0) is 0 Å². The molecule has 1 unspecified atom stereocenters. The van der Waals surface area contributed by atoms with Gasteiger partial charge in [0.2, 0.25) is 0 Å². The van der Waals surface area contributed by atoms with Gasteiger partial charge in [0, 0.05) is 18.3 Å². The molecule has 0 aliphatic rings. The van der Waals surface area contributed by atoms with Crippen LogP contribution in [-0.4, -0.2) is 22.0 Å². The number of imidazole rings is 1. The minimum absolute atomic E-state index is 0.343. The van der Waals surface area contributed by atoms with Gasteiger partial charge in [-0.2, -0.15) is 5.90 Å². The number of H-pyrrole nitrogens is 1. The third-order valence-electron chi connectivity index (χ3n) is 1.41. The van der Waals surface area contributed by atoms with Crippen molar-refractivity contribution in [2.24, 2.45) is 11.6 Å². The second-order valence-electron chi connectivity index (χ2n) is 2.32. The highest BCUT2D eigenvalue weighted by Crippen LogP contribution is 1.96. The van der Waals surface area contributed by atoms with Gasteiger partial charge in [0.25, 0.3) is 0 Å². The first-order valence-corrected chi connectivity index (χ1v) is 3.37. The molecule has 6 heteroatoms. The molecule has 1 atom stereocenters. The summed E-state index contributed by atoms with van der Waals surface area (Å²) in [5.74, 6) is 4.01. The van der Waals surface area contributed by atoms with Crippen molar-refractivity contribution >= 4 is 5.97 Å². The van der Waals surface area contributed by atoms with Crippen LogP contribution in [0, 0.1) is 0 Å². The van der Waals surface area contributed by atoms with Crippen molar-refractivity contribution < 1.29 is 9.63 Å². The third kappa shape index (κ3) is 2.04. The quantitative estimate of drug-likeness (QED) is 0.488. The van der Waals surface area contributed by atoms with Gasteiger partial charge in [0.05, 0.1) is 6.33 Å². The van der Waals surface area contributed by atoms with Crippen LogP contribution < -0.4 is 11.6 Å². The summed E-state index contributed by atoms with van der Waals surface area (Å²) in [5.41, 5.74) is 6.19. The van der Waals surface area contributed by atoms with Crippen molar-refractivity contribution in [2.45, 2.75) is 12.5 Å². The van der Waals surface area contributed by atoms with Gasteiger partial charge in [-0.25, -0.2) is 9.78 Å². The molecule has 0 fully saturated rings. The van der Waals surface area contributed by atoms with E-state index in [9.17, 15) is 4.79 Å². The largest absolute Gasteiger partial charge is 0.372 e. The van der Waals surface area contributed by atoms with Gasteiger partial charge in [-0.1, -0.05) is 0 Å². The van der Waals surface area contributed by atoms with Gasteiger partial charge >= 0.3 is 5.97 Å². The summed E-state index contributed by atoms with van der Waals surface area (Å²) in [6, 6.07) is -0.740. The number of nitrogens with two attached hydrogens (primary N) is 2. The van der Waals surface area contributed by atoms with Crippen LogP contribution in [0.1, 0.15) is 5.69 Å². The van der Waals surface area contributed by atoms with E-state index < -0.39 is 12.0 Å². The highest BCUT2D eigenvalue weighted by atomic mass is 16.7. The average molecular weight is 170 g/mol. The maximum absolute atomic E-state index is 10.7. The molecule has 1 heterocycles. The number of hydrogen-bond acceptors (Lipinski definition) is 5. The Morgan fingerprint density at radius 3 is 3.08 bits per heavy atom. The molecule has 0 radical (unpaired) electrons. The third-order valence-corrected chi connectivity index (χ3v) is 1.41. The average Bonchev–Trinajstić information content (AvgIpc) is 2.55. The van der Waals surface area contributed by atoms with E-state index in [4.69, 9.17) is 5.73 Å². The Labute approximate surface area is 68.9 Å². The van der Waals surface area contributed by atoms with Crippen LogP contribution in [0.5, 0.6) is 0 Å². The fourth-order valence-electron chi connectivity index (χ4n) is 0.804. The molecule has 0 saturated heterocycles.